The van der Waals surface area contributed by atoms with E-state index in [4.69, 9.17) is 9.15 Å². The molecule has 2 aromatic rings. The fourth-order valence-corrected chi connectivity index (χ4v) is 4.21. The quantitative estimate of drug-likeness (QED) is 0.479. The molecule has 4 rings (SSSR count). The average Bonchev–Trinajstić information content (AvgIpc) is 3.44. The first kappa shape index (κ1) is 23.5. The Kier molecular flexibility index (Phi) is 6.68. The molecule has 0 aliphatic carbocycles. The van der Waals surface area contributed by atoms with Gasteiger partial charge in [-0.05, 0) is 31.2 Å². The minimum atomic E-state index is -0.580. The van der Waals surface area contributed by atoms with E-state index in [-0.39, 0.29) is 30.9 Å². The first-order valence-corrected chi connectivity index (χ1v) is 11.0. The molecule has 1 unspecified atom stereocenters. The monoisotopic (exact) mass is 475 g/mol. The lowest BCUT2D eigenvalue weighted by atomic mass is 10.1. The predicted molar refractivity (Wildman–Crippen MR) is 120 cm³/mol. The zero-order chi connectivity index (χ0) is 24.4. The number of nitro groups is 1. The molecule has 0 bridgehead atoms. The summed E-state index contributed by atoms with van der Waals surface area (Å²) in [6, 6.07) is 7.45. The normalized spacial score (nSPS) is 19.7. The summed E-state index contributed by atoms with van der Waals surface area (Å²) < 4.78 is 25.6. The molecule has 0 saturated carbocycles. The molecular formula is C22H26FN5O6. The molecule has 2 aliphatic rings. The predicted octanol–water partition coefficient (Wildman–Crippen LogP) is 2.67. The number of carbonyl (C=O) groups is 2. The van der Waals surface area contributed by atoms with Crippen molar-refractivity contribution in [2.45, 2.75) is 26.0 Å². The molecule has 0 radical (unpaired) electrons. The van der Waals surface area contributed by atoms with Crippen LogP contribution in [0.4, 0.5) is 26.4 Å². The van der Waals surface area contributed by atoms with Gasteiger partial charge in [-0.15, -0.1) is 0 Å². The van der Waals surface area contributed by atoms with Gasteiger partial charge < -0.3 is 19.4 Å². The molecule has 2 fully saturated rings. The van der Waals surface area contributed by atoms with Crippen molar-refractivity contribution in [1.29, 1.82) is 0 Å². The topological polar surface area (TPSA) is 121 Å². The molecular weight excluding hydrogens is 449 g/mol. The van der Waals surface area contributed by atoms with Gasteiger partial charge in [-0.2, -0.15) is 0 Å². The number of amides is 2. The maximum atomic E-state index is 15.0. The molecule has 182 valence electrons. The van der Waals surface area contributed by atoms with Gasteiger partial charge in [0.05, 0.1) is 36.6 Å². The van der Waals surface area contributed by atoms with E-state index < -0.39 is 22.9 Å². The van der Waals surface area contributed by atoms with Gasteiger partial charge in [0.25, 0.3) is 0 Å². The Hall–Kier alpha value is -3.67. The van der Waals surface area contributed by atoms with Crippen LogP contribution in [-0.4, -0.2) is 67.2 Å². The maximum absolute atomic E-state index is 15.0. The third kappa shape index (κ3) is 4.96. The van der Waals surface area contributed by atoms with Crippen molar-refractivity contribution in [3.8, 4) is 0 Å². The Balaban J connectivity index is 1.36. The van der Waals surface area contributed by atoms with Crippen molar-refractivity contribution in [2.75, 3.05) is 49.1 Å². The van der Waals surface area contributed by atoms with Gasteiger partial charge >= 0.3 is 12.0 Å². The molecule has 2 saturated heterocycles. The van der Waals surface area contributed by atoms with E-state index in [1.807, 2.05) is 11.8 Å². The Bertz CT molecular complexity index is 1080. The number of hydrogen-bond donors (Lipinski definition) is 1. The van der Waals surface area contributed by atoms with Crippen LogP contribution in [0.25, 0.3) is 0 Å². The van der Waals surface area contributed by atoms with E-state index >= 15 is 0 Å². The molecule has 3 heterocycles. The molecule has 1 aromatic heterocycles. The van der Waals surface area contributed by atoms with Crippen LogP contribution in [0.3, 0.4) is 0 Å². The van der Waals surface area contributed by atoms with Gasteiger partial charge in [-0.1, -0.05) is 0 Å². The van der Waals surface area contributed by atoms with Crippen molar-refractivity contribution in [1.82, 2.24) is 10.2 Å². The number of cyclic esters (lactones) is 1. The number of halogens is 1. The van der Waals surface area contributed by atoms with Crippen molar-refractivity contribution in [3.63, 3.8) is 0 Å². The van der Waals surface area contributed by atoms with Crippen LogP contribution in [0.2, 0.25) is 0 Å². The second-order valence-corrected chi connectivity index (χ2v) is 8.32. The van der Waals surface area contributed by atoms with E-state index in [9.17, 15) is 24.1 Å². The van der Waals surface area contributed by atoms with Crippen LogP contribution in [0.1, 0.15) is 25.6 Å². The number of nitrogens with zero attached hydrogens (tertiary/aromatic N) is 4. The van der Waals surface area contributed by atoms with E-state index in [2.05, 4.69) is 10.2 Å². The number of anilines is 2. The SMILES string of the molecule is CC(=O)NC[C@H]1CN(c2ccc(N3CCN(C(C)c4ccc([N+](=O)[O-])o4)CC3)c(F)c2)C(=O)O1. The summed E-state index contributed by atoms with van der Waals surface area (Å²) in [5, 5.41) is 13.5. The smallest absolute Gasteiger partial charge is 0.433 e. The summed E-state index contributed by atoms with van der Waals surface area (Å²) in [7, 11) is 0. The van der Waals surface area contributed by atoms with Gasteiger partial charge in [0.15, 0.2) is 0 Å². The lowest BCUT2D eigenvalue weighted by Crippen LogP contribution is -2.47. The number of furan rings is 1. The number of piperazine rings is 1. The molecule has 1 aromatic carbocycles. The number of rotatable bonds is 7. The fourth-order valence-electron chi connectivity index (χ4n) is 4.21. The van der Waals surface area contributed by atoms with Crippen LogP contribution in [-0.2, 0) is 9.53 Å². The summed E-state index contributed by atoms with van der Waals surface area (Å²) in [6.07, 6.45) is -1.08. The molecule has 12 heteroatoms. The highest BCUT2D eigenvalue weighted by molar-refractivity contribution is 5.90. The molecule has 11 nitrogen and oxygen atoms in total. The minimum absolute atomic E-state index is 0.144. The minimum Gasteiger partial charge on any atom is -0.442 e. The van der Waals surface area contributed by atoms with Crippen molar-refractivity contribution < 1.29 is 28.1 Å². The van der Waals surface area contributed by atoms with Crippen LogP contribution >= 0.6 is 0 Å². The number of ether oxygens (including phenoxy) is 1. The Morgan fingerprint density at radius 2 is 2.00 bits per heavy atom. The lowest BCUT2D eigenvalue weighted by molar-refractivity contribution is -0.402. The number of benzene rings is 1. The first-order valence-electron chi connectivity index (χ1n) is 11.0. The van der Waals surface area contributed by atoms with Crippen LogP contribution in [0, 0.1) is 15.9 Å². The van der Waals surface area contributed by atoms with Crippen LogP contribution < -0.4 is 15.1 Å². The summed E-state index contributed by atoms with van der Waals surface area (Å²) in [4.78, 5) is 38.9. The second kappa shape index (κ2) is 9.67. The van der Waals surface area contributed by atoms with Crippen LogP contribution in [0.5, 0.6) is 0 Å². The van der Waals surface area contributed by atoms with Crippen LogP contribution in [0.15, 0.2) is 34.7 Å². The molecule has 2 atom stereocenters. The maximum Gasteiger partial charge on any atom is 0.433 e. The van der Waals surface area contributed by atoms with E-state index in [0.717, 1.165) is 0 Å². The van der Waals surface area contributed by atoms with E-state index in [1.54, 1.807) is 18.2 Å². The van der Waals surface area contributed by atoms with Crippen molar-refractivity contribution in [3.05, 3.63) is 52.0 Å². The molecule has 2 aliphatic heterocycles. The standard InChI is InChI=1S/C22H26FN5O6/c1-14(20-5-6-21(34-20)28(31)32)25-7-9-26(10-8-25)19-4-3-16(11-18(19)23)27-13-17(33-22(27)30)12-24-15(2)29/h3-6,11,14,17H,7-10,12-13H2,1-2H3,(H,24,29)/t14?,17-/m0/s1. The lowest BCUT2D eigenvalue weighted by Gasteiger charge is -2.38. The summed E-state index contributed by atoms with van der Waals surface area (Å²) >= 11 is 0. The van der Waals surface area contributed by atoms with E-state index in [1.165, 1.54) is 24.0 Å². The number of nitrogens with one attached hydrogen (secondary N) is 1. The highest BCUT2D eigenvalue weighted by Gasteiger charge is 2.33. The van der Waals surface area contributed by atoms with Gasteiger partial charge in [-0.3, -0.25) is 24.7 Å². The molecule has 1 N–H and O–H groups in total. The zero-order valence-corrected chi connectivity index (χ0v) is 18.9. The van der Waals surface area contributed by atoms with Gasteiger partial charge in [-0.25, -0.2) is 9.18 Å². The Labute approximate surface area is 195 Å². The van der Waals surface area contributed by atoms with Crippen molar-refractivity contribution in [2.24, 2.45) is 0 Å². The number of carbonyl (C=O) groups excluding carboxylic acids is 2. The summed E-state index contributed by atoms with van der Waals surface area (Å²) in [5.41, 5.74) is 0.829. The number of hydrogen-bond acceptors (Lipinski definition) is 8. The summed E-state index contributed by atoms with van der Waals surface area (Å²) in [5.74, 6) is -0.431. The highest BCUT2D eigenvalue weighted by atomic mass is 19.1. The zero-order valence-electron chi connectivity index (χ0n) is 18.9. The average molecular weight is 475 g/mol. The Morgan fingerprint density at radius 3 is 2.62 bits per heavy atom. The first-order chi connectivity index (χ1) is 16.2. The third-order valence-corrected chi connectivity index (χ3v) is 6.10. The summed E-state index contributed by atoms with van der Waals surface area (Å²) in [6.45, 7) is 6.10. The van der Waals surface area contributed by atoms with Gasteiger partial charge in [0, 0.05) is 33.1 Å². The molecule has 2 amide bonds. The molecule has 0 spiro atoms. The third-order valence-electron chi connectivity index (χ3n) is 6.10. The van der Waals surface area contributed by atoms with E-state index in [0.29, 0.717) is 43.3 Å². The highest BCUT2D eigenvalue weighted by Crippen LogP contribution is 2.31. The largest absolute Gasteiger partial charge is 0.442 e. The fraction of sp³-hybridized carbons (Fsp3) is 0.455. The second-order valence-electron chi connectivity index (χ2n) is 8.32. The van der Waals surface area contributed by atoms with Gasteiger partial charge in [0.2, 0.25) is 5.91 Å². The van der Waals surface area contributed by atoms with Crippen molar-refractivity contribution >= 4 is 29.3 Å². The Morgan fingerprint density at radius 1 is 1.26 bits per heavy atom. The molecule has 34 heavy (non-hydrogen) atoms. The van der Waals surface area contributed by atoms with Gasteiger partial charge in [0.1, 0.15) is 22.6 Å².